The van der Waals surface area contributed by atoms with Gasteiger partial charge in [0.15, 0.2) is 0 Å². The van der Waals surface area contributed by atoms with Crippen molar-refractivity contribution in [1.82, 2.24) is 5.32 Å². The number of alkyl halides is 2. The highest BCUT2D eigenvalue weighted by Crippen LogP contribution is 2.27. The van der Waals surface area contributed by atoms with Gasteiger partial charge in [-0.2, -0.15) is 14.0 Å². The van der Waals surface area contributed by atoms with Crippen molar-refractivity contribution >= 4 is 12.0 Å². The van der Waals surface area contributed by atoms with Crippen molar-refractivity contribution in [2.24, 2.45) is 0 Å². The standard InChI is InChI=1S/C18H22F2N2O3/c1-4-24-7-5-6-22-17(23)15(11-21)10-14-8-12(2)16(13(3)9-14)25-18(19)20/h8-10,18H,4-7H2,1-3H3,(H,22,23)/b15-10+. The first kappa shape index (κ1) is 20.6. The quantitative estimate of drug-likeness (QED) is 0.420. The number of hydrogen-bond donors (Lipinski definition) is 1. The lowest BCUT2D eigenvalue weighted by Crippen LogP contribution is -2.26. The van der Waals surface area contributed by atoms with Crippen molar-refractivity contribution < 1.29 is 23.0 Å². The second-order valence-corrected chi connectivity index (χ2v) is 5.34. The number of nitriles is 1. The van der Waals surface area contributed by atoms with Crippen molar-refractivity contribution in [2.45, 2.75) is 33.8 Å². The fraction of sp³-hybridized carbons (Fsp3) is 0.444. The first-order valence-corrected chi connectivity index (χ1v) is 7.92. The number of halogens is 2. The van der Waals surface area contributed by atoms with Gasteiger partial charge in [-0.15, -0.1) is 0 Å². The number of carbonyl (C=O) groups excluding carboxylic acids is 1. The molecule has 0 spiro atoms. The highest BCUT2D eigenvalue weighted by atomic mass is 19.3. The van der Waals surface area contributed by atoms with Crippen LogP contribution in [0.5, 0.6) is 5.75 Å². The molecule has 25 heavy (non-hydrogen) atoms. The zero-order valence-electron chi connectivity index (χ0n) is 14.6. The summed E-state index contributed by atoms with van der Waals surface area (Å²) in [5, 5.41) is 11.8. The van der Waals surface area contributed by atoms with Gasteiger partial charge in [0.1, 0.15) is 17.4 Å². The van der Waals surface area contributed by atoms with Gasteiger partial charge in [0.2, 0.25) is 0 Å². The molecular formula is C18H22F2N2O3. The van der Waals surface area contributed by atoms with Crippen LogP contribution >= 0.6 is 0 Å². The summed E-state index contributed by atoms with van der Waals surface area (Å²) in [5.41, 5.74) is 1.51. The summed E-state index contributed by atoms with van der Waals surface area (Å²) in [6.45, 7) is 3.78. The smallest absolute Gasteiger partial charge is 0.387 e. The Balaban J connectivity index is 2.84. The molecule has 0 radical (unpaired) electrons. The first-order valence-electron chi connectivity index (χ1n) is 7.92. The van der Waals surface area contributed by atoms with E-state index in [-0.39, 0.29) is 11.3 Å². The number of amides is 1. The maximum absolute atomic E-state index is 12.4. The van der Waals surface area contributed by atoms with Crippen LogP contribution in [-0.4, -0.2) is 32.3 Å². The molecule has 0 atom stereocenters. The van der Waals surface area contributed by atoms with Crippen molar-refractivity contribution in [2.75, 3.05) is 19.8 Å². The number of benzene rings is 1. The summed E-state index contributed by atoms with van der Waals surface area (Å²) in [6.07, 6.45) is 2.07. The molecule has 7 heteroatoms. The maximum Gasteiger partial charge on any atom is 0.387 e. The third-order valence-electron chi connectivity index (χ3n) is 3.32. The molecule has 1 amide bonds. The minimum Gasteiger partial charge on any atom is -0.434 e. The van der Waals surface area contributed by atoms with Crippen LogP contribution in [0.4, 0.5) is 8.78 Å². The zero-order valence-corrected chi connectivity index (χ0v) is 14.6. The Kier molecular flexibility index (Phi) is 8.57. The van der Waals surface area contributed by atoms with E-state index >= 15 is 0 Å². The summed E-state index contributed by atoms with van der Waals surface area (Å²) < 4.78 is 34.5. The average molecular weight is 352 g/mol. The molecular weight excluding hydrogens is 330 g/mol. The van der Waals surface area contributed by atoms with E-state index < -0.39 is 12.5 Å². The number of hydrogen-bond acceptors (Lipinski definition) is 4. The van der Waals surface area contributed by atoms with Gasteiger partial charge in [-0.1, -0.05) is 0 Å². The second kappa shape index (κ2) is 10.4. The average Bonchev–Trinajstić information content (AvgIpc) is 2.55. The van der Waals surface area contributed by atoms with Crippen molar-refractivity contribution in [3.8, 4) is 11.8 Å². The van der Waals surface area contributed by atoms with E-state index in [0.29, 0.717) is 42.9 Å². The van der Waals surface area contributed by atoms with Crippen LogP contribution in [0.15, 0.2) is 17.7 Å². The van der Waals surface area contributed by atoms with Gasteiger partial charge < -0.3 is 14.8 Å². The SMILES string of the molecule is CCOCCCNC(=O)/C(C#N)=C/c1cc(C)c(OC(F)F)c(C)c1. The van der Waals surface area contributed by atoms with E-state index in [4.69, 9.17) is 4.74 Å². The first-order chi connectivity index (χ1) is 11.9. The minimum absolute atomic E-state index is 0.0577. The van der Waals surface area contributed by atoms with Gasteiger partial charge in [0.25, 0.3) is 5.91 Å². The van der Waals surface area contributed by atoms with Gasteiger partial charge in [-0.05, 0) is 62.1 Å². The maximum atomic E-state index is 12.4. The summed E-state index contributed by atoms with van der Waals surface area (Å²) >= 11 is 0. The number of carbonyl (C=O) groups is 1. The van der Waals surface area contributed by atoms with E-state index in [9.17, 15) is 18.8 Å². The highest BCUT2D eigenvalue weighted by Gasteiger charge is 2.13. The molecule has 0 aliphatic carbocycles. The molecule has 0 fully saturated rings. The van der Waals surface area contributed by atoms with E-state index in [1.54, 1.807) is 26.0 Å². The number of rotatable bonds is 9. The molecule has 1 aromatic rings. The fourth-order valence-electron chi connectivity index (χ4n) is 2.27. The third kappa shape index (κ3) is 6.89. The Morgan fingerprint density at radius 2 is 2.00 bits per heavy atom. The highest BCUT2D eigenvalue weighted by molar-refractivity contribution is 6.01. The number of aryl methyl sites for hydroxylation is 2. The lowest BCUT2D eigenvalue weighted by atomic mass is 10.0. The van der Waals surface area contributed by atoms with Crippen LogP contribution in [0.25, 0.3) is 6.08 Å². The molecule has 0 aliphatic heterocycles. The number of nitrogens with zero attached hydrogens (tertiary/aromatic N) is 1. The van der Waals surface area contributed by atoms with Crippen LogP contribution in [0.3, 0.4) is 0 Å². The predicted octanol–water partition coefficient (Wildman–Crippen LogP) is 3.35. The molecule has 1 rings (SSSR count). The summed E-state index contributed by atoms with van der Waals surface area (Å²) in [6, 6.07) is 5.03. The van der Waals surface area contributed by atoms with Gasteiger partial charge >= 0.3 is 6.61 Å². The molecule has 136 valence electrons. The minimum atomic E-state index is -2.91. The fourth-order valence-corrected chi connectivity index (χ4v) is 2.27. The van der Waals surface area contributed by atoms with Crippen molar-refractivity contribution in [1.29, 1.82) is 5.26 Å². The molecule has 0 bridgehead atoms. The molecule has 1 N–H and O–H groups in total. The van der Waals surface area contributed by atoms with E-state index in [1.807, 2.05) is 13.0 Å². The molecule has 0 unspecified atom stereocenters. The van der Waals surface area contributed by atoms with Crippen LogP contribution in [0.2, 0.25) is 0 Å². The second-order valence-electron chi connectivity index (χ2n) is 5.34. The lowest BCUT2D eigenvalue weighted by molar-refractivity contribution is -0.117. The number of nitrogens with one attached hydrogen (secondary N) is 1. The Hall–Kier alpha value is -2.46. The Morgan fingerprint density at radius 3 is 2.52 bits per heavy atom. The van der Waals surface area contributed by atoms with E-state index in [1.165, 1.54) is 6.08 Å². The van der Waals surface area contributed by atoms with Crippen LogP contribution in [0.1, 0.15) is 30.0 Å². The van der Waals surface area contributed by atoms with Crippen LogP contribution < -0.4 is 10.1 Å². The Morgan fingerprint density at radius 1 is 1.36 bits per heavy atom. The van der Waals surface area contributed by atoms with Crippen LogP contribution in [0, 0.1) is 25.2 Å². The monoisotopic (exact) mass is 352 g/mol. The molecule has 0 heterocycles. The summed E-state index contributed by atoms with van der Waals surface area (Å²) in [4.78, 5) is 12.0. The molecule has 0 saturated heterocycles. The molecule has 5 nitrogen and oxygen atoms in total. The Labute approximate surface area is 146 Å². The number of ether oxygens (including phenoxy) is 2. The van der Waals surface area contributed by atoms with E-state index in [0.717, 1.165) is 0 Å². The summed E-state index contributed by atoms with van der Waals surface area (Å²) in [7, 11) is 0. The van der Waals surface area contributed by atoms with Crippen molar-refractivity contribution in [3.05, 3.63) is 34.4 Å². The molecule has 1 aromatic carbocycles. The van der Waals surface area contributed by atoms with Gasteiger partial charge in [-0.3, -0.25) is 4.79 Å². The Bertz CT molecular complexity index is 644. The van der Waals surface area contributed by atoms with Gasteiger partial charge in [-0.25, -0.2) is 0 Å². The van der Waals surface area contributed by atoms with Crippen LogP contribution in [-0.2, 0) is 9.53 Å². The van der Waals surface area contributed by atoms with Crippen molar-refractivity contribution in [3.63, 3.8) is 0 Å². The topological polar surface area (TPSA) is 71.3 Å². The summed E-state index contributed by atoms with van der Waals surface area (Å²) in [5.74, 6) is -0.381. The molecule has 0 aliphatic rings. The van der Waals surface area contributed by atoms with E-state index in [2.05, 4.69) is 10.1 Å². The lowest BCUT2D eigenvalue weighted by Gasteiger charge is -2.12. The normalized spacial score (nSPS) is 11.3. The molecule has 0 saturated carbocycles. The predicted molar refractivity (Wildman–Crippen MR) is 90.3 cm³/mol. The zero-order chi connectivity index (χ0) is 18.8. The third-order valence-corrected chi connectivity index (χ3v) is 3.32. The van der Waals surface area contributed by atoms with Gasteiger partial charge in [0, 0.05) is 19.8 Å². The molecule has 0 aromatic heterocycles. The largest absolute Gasteiger partial charge is 0.434 e. The van der Waals surface area contributed by atoms with Gasteiger partial charge in [0.05, 0.1) is 0 Å².